The van der Waals surface area contributed by atoms with E-state index in [2.05, 4.69) is 10.5 Å². The molecule has 96 valence electrons. The summed E-state index contributed by atoms with van der Waals surface area (Å²) in [6.07, 6.45) is 5.03. The number of benzene rings is 1. The van der Waals surface area contributed by atoms with Gasteiger partial charge in [-0.15, -0.1) is 0 Å². The summed E-state index contributed by atoms with van der Waals surface area (Å²) in [4.78, 5) is 11.7. The lowest BCUT2D eigenvalue weighted by atomic mass is 10.2. The second-order valence-electron chi connectivity index (χ2n) is 3.31. The number of amides is 1. The Balaban J connectivity index is 2.80. The minimum absolute atomic E-state index is 0.309. The van der Waals surface area contributed by atoms with Gasteiger partial charge in [0.2, 0.25) is 0 Å². The van der Waals surface area contributed by atoms with E-state index < -0.39 is 0 Å². The fourth-order valence-electron chi connectivity index (χ4n) is 1.27. The van der Waals surface area contributed by atoms with E-state index in [1.165, 1.54) is 13.3 Å². The van der Waals surface area contributed by atoms with Crippen LogP contribution in [0.4, 0.5) is 0 Å². The minimum Gasteiger partial charge on any atom is -0.493 e. The van der Waals surface area contributed by atoms with Crippen LogP contribution in [0.5, 0.6) is 11.5 Å². The van der Waals surface area contributed by atoms with E-state index in [0.29, 0.717) is 17.1 Å². The van der Waals surface area contributed by atoms with Crippen LogP contribution in [0.2, 0.25) is 0 Å². The third-order valence-electron chi connectivity index (χ3n) is 2.16. The van der Waals surface area contributed by atoms with Crippen molar-refractivity contribution in [3.8, 4) is 11.5 Å². The van der Waals surface area contributed by atoms with E-state index in [1.54, 1.807) is 31.4 Å². The normalized spacial score (nSPS) is 10.8. The molecule has 0 radical (unpaired) electrons. The lowest BCUT2D eigenvalue weighted by Gasteiger charge is -2.08. The zero-order valence-corrected chi connectivity index (χ0v) is 10.6. The number of hydrogen-bond acceptors (Lipinski definition) is 4. The highest BCUT2D eigenvalue weighted by atomic mass is 16.5. The van der Waals surface area contributed by atoms with Crippen molar-refractivity contribution in [2.24, 2.45) is 5.10 Å². The molecular formula is C13H16N2O3. The number of nitrogens with one attached hydrogen (secondary N) is 1. The Morgan fingerprint density at radius 3 is 2.61 bits per heavy atom. The van der Waals surface area contributed by atoms with Gasteiger partial charge in [0, 0.05) is 11.8 Å². The first-order valence-corrected chi connectivity index (χ1v) is 5.39. The molecule has 18 heavy (non-hydrogen) atoms. The predicted molar refractivity (Wildman–Crippen MR) is 70.3 cm³/mol. The number of methoxy groups -OCH3 is 2. The topological polar surface area (TPSA) is 59.9 Å². The van der Waals surface area contributed by atoms with Crippen molar-refractivity contribution in [1.29, 1.82) is 0 Å². The number of rotatable bonds is 5. The highest BCUT2D eigenvalue weighted by Gasteiger charge is 2.09. The summed E-state index contributed by atoms with van der Waals surface area (Å²) in [5, 5.41) is 3.75. The number of carbonyl (C=O) groups excluding carboxylic acids is 1. The third kappa shape index (κ3) is 3.62. The standard InChI is InChI=1S/C13H16N2O3/c1-4-5-8-14-15-13(16)10-6-7-11(17-2)12(9-10)18-3/h4-9H,1-3H3,(H,15,16)/b5-4+,14-8+. The Hall–Kier alpha value is -2.30. The maximum absolute atomic E-state index is 11.7. The summed E-state index contributed by atoms with van der Waals surface area (Å²) in [6, 6.07) is 4.91. The molecule has 0 spiro atoms. The van der Waals surface area contributed by atoms with Crippen LogP contribution >= 0.6 is 0 Å². The Bertz CT molecular complexity index is 467. The minimum atomic E-state index is -0.309. The average molecular weight is 248 g/mol. The van der Waals surface area contributed by atoms with Gasteiger partial charge in [-0.3, -0.25) is 4.79 Å². The highest BCUT2D eigenvalue weighted by molar-refractivity contribution is 5.95. The van der Waals surface area contributed by atoms with Crippen LogP contribution in [-0.4, -0.2) is 26.3 Å². The van der Waals surface area contributed by atoms with E-state index in [0.717, 1.165) is 0 Å². The number of carbonyl (C=O) groups is 1. The molecule has 0 atom stereocenters. The van der Waals surface area contributed by atoms with E-state index in [9.17, 15) is 4.79 Å². The molecule has 5 heteroatoms. The molecular weight excluding hydrogens is 232 g/mol. The molecule has 0 aliphatic rings. The summed E-state index contributed by atoms with van der Waals surface area (Å²) in [7, 11) is 3.06. The number of nitrogens with zero attached hydrogens (tertiary/aromatic N) is 1. The quantitative estimate of drug-likeness (QED) is 0.640. The van der Waals surface area contributed by atoms with Gasteiger partial charge in [-0.25, -0.2) is 5.43 Å². The monoisotopic (exact) mass is 248 g/mol. The molecule has 0 aliphatic carbocycles. The number of hydrazone groups is 1. The molecule has 1 aromatic rings. The first-order chi connectivity index (χ1) is 8.72. The van der Waals surface area contributed by atoms with E-state index >= 15 is 0 Å². The lowest BCUT2D eigenvalue weighted by Crippen LogP contribution is -2.17. The molecule has 0 bridgehead atoms. The number of hydrogen-bond donors (Lipinski definition) is 1. The fraction of sp³-hybridized carbons (Fsp3) is 0.231. The number of allylic oxidation sites excluding steroid dienone is 2. The molecule has 0 fully saturated rings. The maximum atomic E-state index is 11.7. The van der Waals surface area contributed by atoms with Crippen molar-refractivity contribution in [2.45, 2.75) is 6.92 Å². The lowest BCUT2D eigenvalue weighted by molar-refractivity contribution is 0.0954. The smallest absolute Gasteiger partial charge is 0.271 e. The van der Waals surface area contributed by atoms with Gasteiger partial charge in [-0.2, -0.15) is 5.10 Å². The predicted octanol–water partition coefficient (Wildman–Crippen LogP) is 2.00. The molecule has 0 saturated heterocycles. The van der Waals surface area contributed by atoms with Gasteiger partial charge in [0.1, 0.15) is 0 Å². The van der Waals surface area contributed by atoms with Gasteiger partial charge in [0.25, 0.3) is 5.91 Å². The van der Waals surface area contributed by atoms with Crippen LogP contribution in [0.3, 0.4) is 0 Å². The van der Waals surface area contributed by atoms with Crippen LogP contribution in [0.1, 0.15) is 17.3 Å². The van der Waals surface area contributed by atoms with Crippen molar-refractivity contribution < 1.29 is 14.3 Å². The van der Waals surface area contributed by atoms with E-state index in [1.807, 2.05) is 13.0 Å². The van der Waals surface area contributed by atoms with Gasteiger partial charge < -0.3 is 9.47 Å². The molecule has 0 heterocycles. The molecule has 0 aliphatic heterocycles. The summed E-state index contributed by atoms with van der Waals surface area (Å²) in [6.45, 7) is 1.86. The first-order valence-electron chi connectivity index (χ1n) is 5.39. The van der Waals surface area contributed by atoms with Crippen LogP contribution in [0.15, 0.2) is 35.5 Å². The molecule has 0 saturated carbocycles. The summed E-state index contributed by atoms with van der Waals surface area (Å²) in [5.74, 6) is 0.769. The molecule has 0 unspecified atom stereocenters. The van der Waals surface area contributed by atoms with Crippen molar-refractivity contribution in [2.75, 3.05) is 14.2 Å². The largest absolute Gasteiger partial charge is 0.493 e. The average Bonchev–Trinajstić information content (AvgIpc) is 2.42. The molecule has 0 aromatic heterocycles. The molecule has 5 nitrogen and oxygen atoms in total. The van der Waals surface area contributed by atoms with Crippen LogP contribution in [0.25, 0.3) is 0 Å². The van der Waals surface area contributed by atoms with Crippen molar-refractivity contribution in [3.05, 3.63) is 35.9 Å². The second kappa shape index (κ2) is 7.11. The Labute approximate surface area is 106 Å². The van der Waals surface area contributed by atoms with Gasteiger partial charge in [0.05, 0.1) is 14.2 Å². The zero-order chi connectivity index (χ0) is 13.4. The summed E-state index contributed by atoms with van der Waals surface area (Å²) >= 11 is 0. The first kappa shape index (κ1) is 13.8. The number of ether oxygens (including phenoxy) is 2. The molecule has 1 amide bonds. The van der Waals surface area contributed by atoms with Gasteiger partial charge in [-0.05, 0) is 31.2 Å². The van der Waals surface area contributed by atoms with Gasteiger partial charge in [0.15, 0.2) is 11.5 Å². The SMILES string of the molecule is C/C=C/C=N/NC(=O)c1ccc(OC)c(OC)c1. The van der Waals surface area contributed by atoms with Crippen molar-refractivity contribution >= 4 is 12.1 Å². The van der Waals surface area contributed by atoms with E-state index in [-0.39, 0.29) is 5.91 Å². The molecule has 1 rings (SSSR count). The van der Waals surface area contributed by atoms with Crippen LogP contribution < -0.4 is 14.9 Å². The van der Waals surface area contributed by atoms with Crippen molar-refractivity contribution in [3.63, 3.8) is 0 Å². The Morgan fingerprint density at radius 2 is 2.00 bits per heavy atom. The molecule has 1 aromatic carbocycles. The van der Waals surface area contributed by atoms with Crippen LogP contribution in [-0.2, 0) is 0 Å². The molecule has 1 N–H and O–H groups in total. The fourth-order valence-corrected chi connectivity index (χ4v) is 1.27. The van der Waals surface area contributed by atoms with Gasteiger partial charge in [-0.1, -0.05) is 6.08 Å². The second-order valence-corrected chi connectivity index (χ2v) is 3.31. The summed E-state index contributed by atoms with van der Waals surface area (Å²) < 4.78 is 10.2. The van der Waals surface area contributed by atoms with Crippen LogP contribution in [0, 0.1) is 0 Å². The highest BCUT2D eigenvalue weighted by Crippen LogP contribution is 2.27. The maximum Gasteiger partial charge on any atom is 0.271 e. The van der Waals surface area contributed by atoms with E-state index in [4.69, 9.17) is 9.47 Å². The Kier molecular flexibility index (Phi) is 5.44. The zero-order valence-electron chi connectivity index (χ0n) is 10.6. The van der Waals surface area contributed by atoms with Gasteiger partial charge >= 0.3 is 0 Å². The van der Waals surface area contributed by atoms with Crippen molar-refractivity contribution in [1.82, 2.24) is 5.43 Å². The summed E-state index contributed by atoms with van der Waals surface area (Å²) in [5.41, 5.74) is 2.85. The Morgan fingerprint density at radius 1 is 1.28 bits per heavy atom. The third-order valence-corrected chi connectivity index (χ3v) is 2.16.